The minimum Gasteiger partial charge on any atom is -0.457 e. The Morgan fingerprint density at radius 1 is 0.875 bits per heavy atom. The third-order valence-corrected chi connectivity index (χ3v) is 7.07. The molecule has 0 unspecified atom stereocenters. The van der Waals surface area contributed by atoms with Crippen LogP contribution in [0.2, 0.25) is 0 Å². The molecule has 1 aromatic heterocycles. The van der Waals surface area contributed by atoms with Crippen LogP contribution in [0, 0.1) is 0 Å². The van der Waals surface area contributed by atoms with Crippen molar-refractivity contribution < 1.29 is 17.9 Å². The van der Waals surface area contributed by atoms with Gasteiger partial charge in [0.15, 0.2) is 15.0 Å². The number of thiazole rings is 1. The number of hydrogen-bond acceptors (Lipinski definition) is 6. The zero-order valence-electron chi connectivity index (χ0n) is 17.0. The molecular weight excluding hydrogens is 444 g/mol. The molecule has 6 nitrogen and oxygen atoms in total. The Labute approximate surface area is 190 Å². The van der Waals surface area contributed by atoms with Crippen molar-refractivity contribution in [2.75, 3.05) is 11.1 Å². The Morgan fingerprint density at radius 2 is 1.50 bits per heavy atom. The lowest BCUT2D eigenvalue weighted by Crippen LogP contribution is -2.17. The molecular formula is C24H20N2O4S2. The van der Waals surface area contributed by atoms with Crippen molar-refractivity contribution in [1.29, 1.82) is 0 Å². The highest BCUT2D eigenvalue weighted by Crippen LogP contribution is 2.28. The second-order valence-electron chi connectivity index (χ2n) is 6.91. The fourth-order valence-corrected chi connectivity index (χ4v) is 4.93. The fraction of sp³-hybridized carbons (Fsp3) is 0.0833. The van der Waals surface area contributed by atoms with Gasteiger partial charge in [0.25, 0.3) is 0 Å². The van der Waals surface area contributed by atoms with Gasteiger partial charge in [-0.1, -0.05) is 36.4 Å². The van der Waals surface area contributed by atoms with E-state index in [0.29, 0.717) is 16.6 Å². The Balaban J connectivity index is 1.34. The van der Waals surface area contributed by atoms with E-state index in [9.17, 15) is 13.2 Å². The van der Waals surface area contributed by atoms with Gasteiger partial charge in [-0.25, -0.2) is 13.4 Å². The molecule has 1 N–H and O–H groups in total. The van der Waals surface area contributed by atoms with Crippen LogP contribution < -0.4 is 10.1 Å². The highest BCUT2D eigenvalue weighted by Gasteiger charge is 2.17. The molecule has 0 aliphatic rings. The SMILES string of the molecule is O=C(CCS(=O)(=O)c1ccccc1)Nc1nc(-c2ccc(Oc3ccccc3)cc2)cs1. The van der Waals surface area contributed by atoms with Crippen LogP contribution in [0.4, 0.5) is 5.13 Å². The lowest BCUT2D eigenvalue weighted by molar-refractivity contribution is -0.115. The van der Waals surface area contributed by atoms with E-state index in [-0.39, 0.29) is 17.1 Å². The number of rotatable bonds is 8. The molecule has 0 saturated carbocycles. The molecule has 32 heavy (non-hydrogen) atoms. The summed E-state index contributed by atoms with van der Waals surface area (Å²) in [7, 11) is -3.50. The molecule has 0 aliphatic heterocycles. The molecule has 0 spiro atoms. The van der Waals surface area contributed by atoms with E-state index in [2.05, 4.69) is 10.3 Å². The average Bonchev–Trinajstić information content (AvgIpc) is 3.28. The number of anilines is 1. The van der Waals surface area contributed by atoms with Gasteiger partial charge in [0.2, 0.25) is 5.91 Å². The number of hydrogen-bond donors (Lipinski definition) is 1. The normalized spacial score (nSPS) is 11.1. The first kappa shape index (κ1) is 21.7. The average molecular weight is 465 g/mol. The monoisotopic (exact) mass is 464 g/mol. The standard InChI is InChI=1S/C24H20N2O4S2/c27-23(15-16-32(28,29)21-9-5-2-6-10-21)26-24-25-22(17-31-24)18-11-13-20(14-12-18)30-19-7-3-1-4-8-19/h1-14,17H,15-16H2,(H,25,26,27). The molecule has 3 aromatic carbocycles. The summed E-state index contributed by atoms with van der Waals surface area (Å²) < 4.78 is 30.4. The van der Waals surface area contributed by atoms with Crippen LogP contribution in [0.5, 0.6) is 11.5 Å². The van der Waals surface area contributed by atoms with Crippen LogP contribution in [0.25, 0.3) is 11.3 Å². The number of sulfone groups is 1. The summed E-state index contributed by atoms with van der Waals surface area (Å²) in [6.07, 6.45) is -0.141. The van der Waals surface area contributed by atoms with Gasteiger partial charge in [0, 0.05) is 17.4 Å². The Kier molecular flexibility index (Phi) is 6.63. The summed E-state index contributed by atoms with van der Waals surface area (Å²) in [5, 5.41) is 4.94. The third-order valence-electron chi connectivity index (χ3n) is 4.58. The summed E-state index contributed by atoms with van der Waals surface area (Å²) in [5.74, 6) is 0.817. The predicted molar refractivity (Wildman–Crippen MR) is 126 cm³/mol. The van der Waals surface area contributed by atoms with Crippen LogP contribution in [0.3, 0.4) is 0 Å². The van der Waals surface area contributed by atoms with Crippen LogP contribution in [0.1, 0.15) is 6.42 Å². The first-order chi connectivity index (χ1) is 15.5. The van der Waals surface area contributed by atoms with E-state index in [1.165, 1.54) is 23.5 Å². The summed E-state index contributed by atoms with van der Waals surface area (Å²) >= 11 is 1.29. The molecule has 0 saturated heterocycles. The summed E-state index contributed by atoms with van der Waals surface area (Å²) in [5.41, 5.74) is 1.60. The highest BCUT2D eigenvalue weighted by atomic mass is 32.2. The zero-order chi connectivity index (χ0) is 22.4. The van der Waals surface area contributed by atoms with Crippen molar-refractivity contribution in [3.8, 4) is 22.8 Å². The largest absolute Gasteiger partial charge is 0.457 e. The van der Waals surface area contributed by atoms with Gasteiger partial charge in [-0.2, -0.15) is 0 Å². The Morgan fingerprint density at radius 3 is 2.19 bits per heavy atom. The number of amides is 1. The smallest absolute Gasteiger partial charge is 0.227 e. The topological polar surface area (TPSA) is 85.4 Å². The van der Waals surface area contributed by atoms with Crippen molar-refractivity contribution >= 4 is 32.2 Å². The summed E-state index contributed by atoms with van der Waals surface area (Å²) in [4.78, 5) is 16.9. The lowest BCUT2D eigenvalue weighted by atomic mass is 10.2. The van der Waals surface area contributed by atoms with Crippen LogP contribution in [-0.2, 0) is 14.6 Å². The maximum absolute atomic E-state index is 12.3. The number of carbonyl (C=O) groups excluding carboxylic acids is 1. The molecule has 0 atom stereocenters. The second-order valence-corrected chi connectivity index (χ2v) is 9.87. The minimum absolute atomic E-state index is 0.141. The number of ether oxygens (including phenoxy) is 1. The van der Waals surface area contributed by atoms with E-state index in [1.54, 1.807) is 18.2 Å². The van der Waals surface area contributed by atoms with Gasteiger partial charge in [0.05, 0.1) is 16.3 Å². The molecule has 0 bridgehead atoms. The lowest BCUT2D eigenvalue weighted by Gasteiger charge is -2.06. The number of aromatic nitrogens is 1. The predicted octanol–water partition coefficient (Wildman–Crippen LogP) is 5.40. The highest BCUT2D eigenvalue weighted by molar-refractivity contribution is 7.91. The van der Waals surface area contributed by atoms with Crippen LogP contribution in [-0.4, -0.2) is 25.1 Å². The number of nitrogens with one attached hydrogen (secondary N) is 1. The number of benzene rings is 3. The van der Waals surface area contributed by atoms with Crippen LogP contribution in [0.15, 0.2) is 95.2 Å². The van der Waals surface area contributed by atoms with E-state index in [0.717, 1.165) is 11.3 Å². The van der Waals surface area contributed by atoms with Gasteiger partial charge < -0.3 is 10.1 Å². The van der Waals surface area contributed by atoms with Gasteiger partial charge >= 0.3 is 0 Å². The summed E-state index contributed by atoms with van der Waals surface area (Å²) in [6.45, 7) is 0. The molecule has 4 aromatic rings. The van der Waals surface area contributed by atoms with Crippen molar-refractivity contribution in [3.05, 3.63) is 90.3 Å². The van der Waals surface area contributed by atoms with E-state index in [1.807, 2.05) is 60.0 Å². The quantitative estimate of drug-likeness (QED) is 0.377. The van der Waals surface area contributed by atoms with Crippen molar-refractivity contribution in [3.63, 3.8) is 0 Å². The van der Waals surface area contributed by atoms with Gasteiger partial charge in [-0.3, -0.25) is 4.79 Å². The molecule has 8 heteroatoms. The first-order valence-corrected chi connectivity index (χ1v) is 12.4. The number of carbonyl (C=O) groups is 1. The van der Waals surface area contributed by atoms with Gasteiger partial charge in [-0.05, 0) is 48.5 Å². The minimum atomic E-state index is -3.50. The zero-order valence-corrected chi connectivity index (χ0v) is 18.6. The molecule has 0 fully saturated rings. The fourth-order valence-electron chi connectivity index (χ4n) is 2.94. The van der Waals surface area contributed by atoms with Crippen molar-refractivity contribution in [2.24, 2.45) is 0 Å². The number of nitrogens with zero attached hydrogens (tertiary/aromatic N) is 1. The van der Waals surface area contributed by atoms with E-state index >= 15 is 0 Å². The maximum Gasteiger partial charge on any atom is 0.227 e. The van der Waals surface area contributed by atoms with Crippen molar-refractivity contribution in [1.82, 2.24) is 4.98 Å². The Hall–Kier alpha value is -3.49. The third kappa shape index (κ3) is 5.60. The molecule has 4 rings (SSSR count). The molecule has 0 radical (unpaired) electrons. The molecule has 1 amide bonds. The molecule has 0 aliphatic carbocycles. The Bertz CT molecular complexity index is 1290. The molecule has 162 valence electrons. The van der Waals surface area contributed by atoms with Crippen LogP contribution >= 0.6 is 11.3 Å². The van der Waals surface area contributed by atoms with Gasteiger partial charge in [-0.15, -0.1) is 11.3 Å². The van der Waals surface area contributed by atoms with Crippen molar-refractivity contribution in [2.45, 2.75) is 11.3 Å². The van der Waals surface area contributed by atoms with E-state index < -0.39 is 15.7 Å². The number of para-hydroxylation sites is 1. The van der Waals surface area contributed by atoms with E-state index in [4.69, 9.17) is 4.74 Å². The first-order valence-electron chi connectivity index (χ1n) is 9.86. The maximum atomic E-state index is 12.3. The second kappa shape index (κ2) is 9.76. The molecule has 1 heterocycles. The van der Waals surface area contributed by atoms with Gasteiger partial charge in [0.1, 0.15) is 11.5 Å². The summed E-state index contributed by atoms with van der Waals surface area (Å²) in [6, 6.07) is 25.1.